The number of carbonyl (C=O) groups excluding carboxylic acids is 1. The number of aryl methyl sites for hydroxylation is 2. The quantitative estimate of drug-likeness (QED) is 0.379. The predicted molar refractivity (Wildman–Crippen MR) is 138 cm³/mol. The number of nitrogens with zero attached hydrogens (tertiary/aromatic N) is 4. The zero-order valence-electron chi connectivity index (χ0n) is 19.6. The van der Waals surface area contributed by atoms with E-state index in [1.54, 1.807) is 41.6 Å². The normalized spacial score (nSPS) is 16.6. The van der Waals surface area contributed by atoms with Crippen LogP contribution in [0.2, 0.25) is 0 Å². The van der Waals surface area contributed by atoms with Gasteiger partial charge < -0.3 is 0 Å². The van der Waals surface area contributed by atoms with Crippen LogP contribution < -0.4 is 4.90 Å². The minimum Gasteiger partial charge on any atom is -0.282 e. The maximum Gasteiger partial charge on any atom is 0.247 e. The average Bonchev–Trinajstić information content (AvgIpc) is 3.50. The summed E-state index contributed by atoms with van der Waals surface area (Å²) >= 11 is 1.44. The topological polar surface area (TPSA) is 83.5 Å². The third-order valence-corrected chi connectivity index (χ3v) is 9.17. The van der Waals surface area contributed by atoms with E-state index in [1.807, 2.05) is 44.2 Å². The van der Waals surface area contributed by atoms with Crippen LogP contribution in [-0.2, 0) is 21.4 Å². The second-order valence-electron chi connectivity index (χ2n) is 8.84. The van der Waals surface area contributed by atoms with E-state index < -0.39 is 16.1 Å². The average molecular weight is 507 g/mol. The summed E-state index contributed by atoms with van der Waals surface area (Å²) in [6.07, 6.45) is 4.49. The molecule has 0 bridgehead atoms. The molecule has 1 aliphatic rings. The van der Waals surface area contributed by atoms with Crippen molar-refractivity contribution in [1.82, 2.24) is 14.3 Å². The van der Waals surface area contributed by atoms with Crippen molar-refractivity contribution in [1.29, 1.82) is 0 Å². The Morgan fingerprint density at radius 1 is 1.11 bits per heavy atom. The van der Waals surface area contributed by atoms with E-state index in [-0.39, 0.29) is 17.3 Å². The minimum absolute atomic E-state index is 0.206. The fraction of sp³-hybridized carbons (Fsp3) is 0.269. The highest BCUT2D eigenvalue weighted by Gasteiger charge is 2.42. The predicted octanol–water partition coefficient (Wildman–Crippen LogP) is 4.69. The Labute approximate surface area is 209 Å². The van der Waals surface area contributed by atoms with Gasteiger partial charge in [0.05, 0.1) is 21.7 Å². The summed E-state index contributed by atoms with van der Waals surface area (Å²) in [6.45, 7) is 4.50. The Balaban J connectivity index is 1.52. The molecule has 1 saturated heterocycles. The third kappa shape index (κ3) is 4.71. The lowest BCUT2D eigenvalue weighted by Gasteiger charge is -2.28. The number of benzene rings is 2. The number of amides is 1. The molecule has 1 aliphatic heterocycles. The first-order chi connectivity index (χ1) is 16.8. The molecule has 0 unspecified atom stereocenters. The fourth-order valence-corrected chi connectivity index (χ4v) is 7.07. The van der Waals surface area contributed by atoms with Crippen molar-refractivity contribution in [2.24, 2.45) is 0 Å². The number of aromatic nitrogens is 2. The lowest BCUT2D eigenvalue weighted by Crippen LogP contribution is -2.47. The number of carbonyl (C=O) groups is 1. The molecule has 0 N–H and O–H groups in total. The molecule has 1 fully saturated rings. The van der Waals surface area contributed by atoms with Gasteiger partial charge in [0.15, 0.2) is 5.13 Å². The zero-order chi connectivity index (χ0) is 24.6. The molecule has 2 aromatic carbocycles. The lowest BCUT2D eigenvalue weighted by atomic mass is 10.2. The van der Waals surface area contributed by atoms with Gasteiger partial charge in [0.1, 0.15) is 6.04 Å². The van der Waals surface area contributed by atoms with E-state index in [4.69, 9.17) is 4.98 Å². The molecule has 35 heavy (non-hydrogen) atoms. The Hall–Kier alpha value is -3.14. The standard InChI is InChI=1S/C26H26N4O3S2/c1-18-7-10-21(11-8-18)35(32,33)30-14-4-6-23(30)25(31)29(17-20-5-3-13-27-16-20)26-28-22-12-9-19(2)15-24(22)34-26/h3,5,7-13,15-16,23H,4,6,14,17H2,1-2H3/t23-/m1/s1. The Kier molecular flexibility index (Phi) is 6.39. The number of anilines is 1. The summed E-state index contributed by atoms with van der Waals surface area (Å²) in [6, 6.07) is 15.7. The molecule has 0 aliphatic carbocycles. The van der Waals surface area contributed by atoms with Gasteiger partial charge in [-0.3, -0.25) is 14.7 Å². The van der Waals surface area contributed by atoms with Gasteiger partial charge in [-0.2, -0.15) is 4.31 Å². The van der Waals surface area contributed by atoms with E-state index in [2.05, 4.69) is 4.98 Å². The Bertz CT molecular complexity index is 1470. The lowest BCUT2D eigenvalue weighted by molar-refractivity contribution is -0.121. The van der Waals surface area contributed by atoms with Gasteiger partial charge in [0.2, 0.25) is 15.9 Å². The van der Waals surface area contributed by atoms with Crippen molar-refractivity contribution in [2.45, 2.75) is 44.2 Å². The molecule has 0 spiro atoms. The van der Waals surface area contributed by atoms with E-state index >= 15 is 0 Å². The molecule has 7 nitrogen and oxygen atoms in total. The van der Waals surface area contributed by atoms with Crippen molar-refractivity contribution < 1.29 is 13.2 Å². The van der Waals surface area contributed by atoms with Gasteiger partial charge >= 0.3 is 0 Å². The smallest absolute Gasteiger partial charge is 0.247 e. The van der Waals surface area contributed by atoms with Crippen LogP contribution in [0.4, 0.5) is 5.13 Å². The van der Waals surface area contributed by atoms with Gasteiger partial charge in [-0.15, -0.1) is 0 Å². The SMILES string of the molecule is Cc1ccc(S(=O)(=O)N2CCC[C@@H]2C(=O)N(Cc2cccnc2)c2nc3ccc(C)cc3s2)cc1. The second kappa shape index (κ2) is 9.49. The second-order valence-corrected chi connectivity index (χ2v) is 11.7. The van der Waals surface area contributed by atoms with Crippen LogP contribution >= 0.6 is 11.3 Å². The van der Waals surface area contributed by atoms with Crippen LogP contribution in [-0.4, -0.2) is 41.2 Å². The number of fused-ring (bicyclic) bond motifs is 1. The summed E-state index contributed by atoms with van der Waals surface area (Å²) in [5.74, 6) is -0.266. The molecule has 180 valence electrons. The number of thiazole rings is 1. The van der Waals surface area contributed by atoms with Crippen molar-refractivity contribution in [3.8, 4) is 0 Å². The van der Waals surface area contributed by atoms with Crippen molar-refractivity contribution in [3.63, 3.8) is 0 Å². The third-order valence-electron chi connectivity index (χ3n) is 6.21. The number of hydrogen-bond acceptors (Lipinski definition) is 6. The molecule has 0 radical (unpaired) electrons. The molecule has 4 aromatic rings. The number of hydrogen-bond donors (Lipinski definition) is 0. The molecule has 5 rings (SSSR count). The molecule has 9 heteroatoms. The molecule has 3 heterocycles. The first-order valence-electron chi connectivity index (χ1n) is 11.5. The highest BCUT2D eigenvalue weighted by Crippen LogP contribution is 2.34. The van der Waals surface area contributed by atoms with E-state index in [0.29, 0.717) is 24.5 Å². The summed E-state index contributed by atoms with van der Waals surface area (Å²) in [7, 11) is -3.81. The number of sulfonamides is 1. The van der Waals surface area contributed by atoms with Crippen LogP contribution in [0, 0.1) is 13.8 Å². The van der Waals surface area contributed by atoms with Crippen molar-refractivity contribution in [2.75, 3.05) is 11.4 Å². The first-order valence-corrected chi connectivity index (χ1v) is 13.7. The van der Waals surface area contributed by atoms with E-state index in [1.165, 1.54) is 15.6 Å². The highest BCUT2D eigenvalue weighted by atomic mass is 32.2. The molecule has 0 saturated carbocycles. The van der Waals surface area contributed by atoms with Gasteiger partial charge in [-0.25, -0.2) is 13.4 Å². The van der Waals surface area contributed by atoms with Gasteiger partial charge in [-0.05, 0) is 68.1 Å². The summed E-state index contributed by atoms with van der Waals surface area (Å²) in [5.41, 5.74) is 3.76. The number of pyridine rings is 1. The summed E-state index contributed by atoms with van der Waals surface area (Å²) < 4.78 is 29.3. The summed E-state index contributed by atoms with van der Waals surface area (Å²) in [4.78, 5) is 24.7. The van der Waals surface area contributed by atoms with Crippen LogP contribution in [0.15, 0.2) is 71.9 Å². The fourth-order valence-electron chi connectivity index (χ4n) is 4.35. The number of rotatable bonds is 6. The maximum absolute atomic E-state index is 14.0. The molecule has 2 aromatic heterocycles. The van der Waals surface area contributed by atoms with Gasteiger partial charge in [0.25, 0.3) is 0 Å². The highest BCUT2D eigenvalue weighted by molar-refractivity contribution is 7.89. The monoisotopic (exact) mass is 506 g/mol. The van der Waals surface area contributed by atoms with Crippen LogP contribution in [0.5, 0.6) is 0 Å². The van der Waals surface area contributed by atoms with Crippen molar-refractivity contribution in [3.05, 3.63) is 83.7 Å². The van der Waals surface area contributed by atoms with E-state index in [9.17, 15) is 13.2 Å². The van der Waals surface area contributed by atoms with Gasteiger partial charge in [-0.1, -0.05) is 41.2 Å². The maximum atomic E-state index is 14.0. The Morgan fingerprint density at radius 2 is 1.89 bits per heavy atom. The molecular formula is C26H26N4O3S2. The van der Waals surface area contributed by atoms with Crippen LogP contribution in [0.25, 0.3) is 10.2 Å². The largest absolute Gasteiger partial charge is 0.282 e. The molecule has 1 atom stereocenters. The van der Waals surface area contributed by atoms with Crippen LogP contribution in [0.1, 0.15) is 29.5 Å². The van der Waals surface area contributed by atoms with Crippen LogP contribution in [0.3, 0.4) is 0 Å². The molecular weight excluding hydrogens is 480 g/mol. The summed E-state index contributed by atoms with van der Waals surface area (Å²) in [5, 5.41) is 0.555. The van der Waals surface area contributed by atoms with E-state index in [0.717, 1.165) is 26.9 Å². The minimum atomic E-state index is -3.81. The van der Waals surface area contributed by atoms with Crippen molar-refractivity contribution >= 4 is 42.6 Å². The Morgan fingerprint density at radius 3 is 2.63 bits per heavy atom. The van der Waals surface area contributed by atoms with Gasteiger partial charge in [0, 0.05) is 18.9 Å². The molecule has 1 amide bonds. The first kappa shape index (κ1) is 23.6. The zero-order valence-corrected chi connectivity index (χ0v) is 21.2.